The maximum Gasteiger partial charge on any atom is 0.338 e. The molecule has 1 aromatic carbocycles. The molecule has 0 radical (unpaired) electrons. The molecule has 1 aliphatic heterocycles. The molecule has 1 aromatic rings. The van der Waals surface area contributed by atoms with Crippen molar-refractivity contribution in [1.29, 1.82) is 0 Å². The lowest BCUT2D eigenvalue weighted by molar-refractivity contribution is -0.339. The number of aliphatic hydroxyl groups is 3. The van der Waals surface area contributed by atoms with Gasteiger partial charge in [0, 0.05) is 26.2 Å². The van der Waals surface area contributed by atoms with Crippen LogP contribution in [0.3, 0.4) is 0 Å². The highest BCUT2D eigenvalue weighted by molar-refractivity contribution is 5.95. The Morgan fingerprint density at radius 2 is 1.73 bits per heavy atom. The van der Waals surface area contributed by atoms with Gasteiger partial charge in [0.2, 0.25) is 0 Å². The minimum absolute atomic E-state index is 0.105. The maximum absolute atomic E-state index is 14.6. The van der Waals surface area contributed by atoms with Crippen LogP contribution in [-0.2, 0) is 33.3 Å². The topological polar surface area (TPSA) is 166 Å². The summed E-state index contributed by atoms with van der Waals surface area (Å²) >= 11 is 0. The van der Waals surface area contributed by atoms with E-state index in [1.807, 2.05) is 0 Å². The van der Waals surface area contributed by atoms with Crippen LogP contribution < -0.4 is 0 Å². The summed E-state index contributed by atoms with van der Waals surface area (Å²) in [4.78, 5) is 53.0. The van der Waals surface area contributed by atoms with Gasteiger partial charge in [-0.25, -0.2) is 4.79 Å². The highest BCUT2D eigenvalue weighted by atomic mass is 16.6. The number of carbonyl (C=O) groups is 4. The number of benzene rings is 1. The van der Waals surface area contributed by atoms with E-state index in [0.717, 1.165) is 13.0 Å². The maximum atomic E-state index is 14.6. The number of Topliss-reactive ketones (excluding diaryl/α,β-unsaturated/α-hetero) is 1. The molecule has 41 heavy (non-hydrogen) atoms. The lowest BCUT2D eigenvalue weighted by Crippen LogP contribution is -2.80. The van der Waals surface area contributed by atoms with E-state index >= 15 is 0 Å². The van der Waals surface area contributed by atoms with Crippen molar-refractivity contribution in [1.82, 2.24) is 0 Å². The van der Waals surface area contributed by atoms with E-state index in [1.165, 1.54) is 32.9 Å². The number of carbonyl (C=O) groups excluding carboxylic acids is 4. The summed E-state index contributed by atoms with van der Waals surface area (Å²) in [6.07, 6.45) is -4.58. The summed E-state index contributed by atoms with van der Waals surface area (Å²) in [7, 11) is 0. The second kappa shape index (κ2) is 9.78. The number of hydrogen-bond acceptors (Lipinski definition) is 11. The van der Waals surface area contributed by atoms with Crippen LogP contribution in [0.5, 0.6) is 0 Å². The number of ether oxygens (including phenoxy) is 4. The van der Waals surface area contributed by atoms with Crippen molar-refractivity contribution in [3.8, 4) is 0 Å². The average Bonchev–Trinajstić information content (AvgIpc) is 2.90. The number of hydrogen-bond donors (Lipinski definition) is 3. The third-order valence-electron chi connectivity index (χ3n) is 9.37. The van der Waals surface area contributed by atoms with E-state index in [2.05, 4.69) is 0 Å². The van der Waals surface area contributed by atoms with Crippen molar-refractivity contribution >= 4 is 23.7 Å². The van der Waals surface area contributed by atoms with Gasteiger partial charge in [-0.3, -0.25) is 14.4 Å². The number of esters is 3. The lowest BCUT2D eigenvalue weighted by Gasteiger charge is -2.65. The minimum atomic E-state index is -2.21. The van der Waals surface area contributed by atoms with Gasteiger partial charge >= 0.3 is 17.9 Å². The fourth-order valence-electron chi connectivity index (χ4n) is 7.22. The number of rotatable bonds is 4. The summed E-state index contributed by atoms with van der Waals surface area (Å²) in [5.74, 6) is -5.96. The van der Waals surface area contributed by atoms with Gasteiger partial charge in [0.05, 0.1) is 29.6 Å². The monoisotopic (exact) mass is 570 g/mol. The fraction of sp³-hybridized carbons (Fsp3) is 0.533. The van der Waals surface area contributed by atoms with Crippen LogP contribution in [0.4, 0.5) is 0 Å². The van der Waals surface area contributed by atoms with E-state index in [1.54, 1.807) is 25.1 Å². The summed E-state index contributed by atoms with van der Waals surface area (Å²) in [5, 5.41) is 35.1. The van der Waals surface area contributed by atoms with Crippen molar-refractivity contribution in [3.63, 3.8) is 0 Å². The van der Waals surface area contributed by atoms with Crippen molar-refractivity contribution in [2.45, 2.75) is 76.7 Å². The first-order valence-corrected chi connectivity index (χ1v) is 13.5. The SMILES string of the molecule is CC(=O)O[C@H]1C(=O)[C@@]2(C)[C@H]([C@H](OC(=O)c3ccccc3)[C@]3(O)C=C(O)C(C)=C1[C@@H]3C)[C@]1(OC(C)=O)CO[C@@H]1C[C@@H]2O. The van der Waals surface area contributed by atoms with E-state index in [0.29, 0.717) is 0 Å². The standard InChI is InChI=1S/C30H34O11/c1-14-19(33)12-29(37)15(2)22(14)23(39-16(3)31)25(35)28(5)20(34)11-21-30(13-38-21,41-17(4)32)24(28)26(29)40-27(36)18-9-7-6-8-10-18/h6-10,12,15,20-21,23-24,26,33-34,37H,11,13H2,1-5H3/t15-,20-,21+,23+,24-,26-,28+,29-,30-/m0/s1. The van der Waals surface area contributed by atoms with Crippen molar-refractivity contribution in [2.24, 2.45) is 17.3 Å². The van der Waals surface area contributed by atoms with Crippen molar-refractivity contribution in [3.05, 3.63) is 58.9 Å². The van der Waals surface area contributed by atoms with Crippen molar-refractivity contribution in [2.75, 3.05) is 6.61 Å². The molecule has 2 saturated carbocycles. The zero-order valence-corrected chi connectivity index (χ0v) is 23.5. The van der Waals surface area contributed by atoms with Crippen LogP contribution in [0.1, 0.15) is 51.4 Å². The molecule has 11 heteroatoms. The van der Waals surface area contributed by atoms with E-state index in [4.69, 9.17) is 18.9 Å². The number of ketones is 1. The Bertz CT molecular complexity index is 1370. The predicted molar refractivity (Wildman–Crippen MR) is 140 cm³/mol. The molecule has 220 valence electrons. The predicted octanol–water partition coefficient (Wildman–Crippen LogP) is 1.95. The normalized spacial score (nSPS) is 39.6. The first-order chi connectivity index (χ1) is 19.2. The third kappa shape index (κ3) is 4.12. The molecule has 0 amide bonds. The largest absolute Gasteiger partial charge is 0.508 e. The molecular formula is C30H34O11. The molecule has 1 heterocycles. The van der Waals surface area contributed by atoms with E-state index < -0.39 is 82.3 Å². The first kappa shape index (κ1) is 29.0. The summed E-state index contributed by atoms with van der Waals surface area (Å²) in [6, 6.07) is 7.98. The highest BCUT2D eigenvalue weighted by Crippen LogP contribution is 2.61. The van der Waals surface area contributed by atoms with Gasteiger partial charge in [0.25, 0.3) is 0 Å². The van der Waals surface area contributed by atoms with Gasteiger partial charge in [0.1, 0.15) is 23.6 Å². The number of allylic oxidation sites excluding steroid dienone is 1. The molecule has 3 N–H and O–H groups in total. The van der Waals surface area contributed by atoms with Gasteiger partial charge in [0.15, 0.2) is 17.5 Å². The van der Waals surface area contributed by atoms with Crippen LogP contribution in [0, 0.1) is 17.3 Å². The Morgan fingerprint density at radius 3 is 2.29 bits per heavy atom. The Kier molecular flexibility index (Phi) is 6.91. The van der Waals surface area contributed by atoms with Gasteiger partial charge in [-0.05, 0) is 43.2 Å². The minimum Gasteiger partial charge on any atom is -0.508 e. The second-order valence-corrected chi connectivity index (χ2v) is 11.6. The molecular weight excluding hydrogens is 536 g/mol. The second-order valence-electron chi connectivity index (χ2n) is 11.6. The Balaban J connectivity index is 1.81. The Hall–Kier alpha value is -3.54. The van der Waals surface area contributed by atoms with E-state index in [9.17, 15) is 34.5 Å². The molecule has 3 fully saturated rings. The average molecular weight is 571 g/mol. The van der Waals surface area contributed by atoms with Crippen LogP contribution in [-0.4, -0.2) is 81.2 Å². The number of fused-ring (bicyclic) bond motifs is 5. The molecule has 9 atom stereocenters. The fourth-order valence-corrected chi connectivity index (χ4v) is 7.22. The zero-order valence-electron chi connectivity index (χ0n) is 23.5. The number of aliphatic hydroxyl groups excluding tert-OH is 2. The lowest BCUT2D eigenvalue weighted by atomic mass is 9.47. The summed E-state index contributed by atoms with van der Waals surface area (Å²) in [5.41, 5.74) is -5.26. The van der Waals surface area contributed by atoms with Crippen LogP contribution >= 0.6 is 0 Å². The smallest absolute Gasteiger partial charge is 0.338 e. The Labute approximate surface area is 236 Å². The molecule has 3 aliphatic carbocycles. The van der Waals surface area contributed by atoms with Crippen LogP contribution in [0.15, 0.2) is 53.3 Å². The van der Waals surface area contributed by atoms with Gasteiger partial charge in [-0.1, -0.05) is 25.1 Å². The van der Waals surface area contributed by atoms with Crippen LogP contribution in [0.25, 0.3) is 0 Å². The van der Waals surface area contributed by atoms with Gasteiger partial charge < -0.3 is 34.3 Å². The van der Waals surface area contributed by atoms with E-state index in [-0.39, 0.29) is 29.7 Å². The molecule has 4 aliphatic rings. The molecule has 11 nitrogen and oxygen atoms in total. The third-order valence-corrected chi connectivity index (χ3v) is 9.37. The quantitative estimate of drug-likeness (QED) is 0.358. The zero-order chi connectivity index (χ0) is 30.1. The molecule has 0 aromatic heterocycles. The van der Waals surface area contributed by atoms with Crippen LogP contribution in [0.2, 0.25) is 0 Å². The Morgan fingerprint density at radius 1 is 1.07 bits per heavy atom. The molecule has 0 unspecified atom stereocenters. The molecule has 2 bridgehead atoms. The molecule has 1 saturated heterocycles. The first-order valence-electron chi connectivity index (χ1n) is 13.5. The van der Waals surface area contributed by atoms with Gasteiger partial charge in [-0.15, -0.1) is 0 Å². The van der Waals surface area contributed by atoms with Crippen molar-refractivity contribution < 1.29 is 53.4 Å². The molecule has 5 rings (SSSR count). The molecule has 0 spiro atoms. The highest BCUT2D eigenvalue weighted by Gasteiger charge is 2.76. The van der Waals surface area contributed by atoms with Gasteiger partial charge in [-0.2, -0.15) is 0 Å². The summed E-state index contributed by atoms with van der Waals surface area (Å²) in [6.45, 7) is 6.59. The summed E-state index contributed by atoms with van der Waals surface area (Å²) < 4.78 is 23.2.